The lowest BCUT2D eigenvalue weighted by Gasteiger charge is -2.13. The molecule has 3 aromatic rings. The summed E-state index contributed by atoms with van der Waals surface area (Å²) in [5.74, 6) is 5.32. The highest BCUT2D eigenvalue weighted by Gasteiger charge is 2.42. The smallest absolute Gasteiger partial charge is 0.267 e. The van der Waals surface area contributed by atoms with Crippen molar-refractivity contribution in [1.29, 1.82) is 0 Å². The number of carbonyl (C=O) groups excluding carboxylic acids is 1. The number of carbonyl (C=O) groups is 1. The Morgan fingerprint density at radius 2 is 2.18 bits per heavy atom. The Balaban J connectivity index is 1.75. The minimum atomic E-state index is -1.62. The van der Waals surface area contributed by atoms with Gasteiger partial charge in [-0.1, -0.05) is 35.6 Å². The molecule has 1 aliphatic heterocycles. The van der Waals surface area contributed by atoms with Gasteiger partial charge < -0.3 is 10.0 Å². The van der Waals surface area contributed by atoms with Crippen molar-refractivity contribution in [2.24, 2.45) is 0 Å². The van der Waals surface area contributed by atoms with Crippen LogP contribution in [0.4, 0.5) is 0 Å². The summed E-state index contributed by atoms with van der Waals surface area (Å²) in [6.07, 6.45) is 2.09. The van der Waals surface area contributed by atoms with Crippen molar-refractivity contribution in [3.63, 3.8) is 0 Å². The van der Waals surface area contributed by atoms with Gasteiger partial charge in [-0.2, -0.15) is 5.10 Å². The molecule has 1 aromatic carbocycles. The number of halogens is 1. The Morgan fingerprint density at radius 3 is 2.89 bits per heavy atom. The minimum Gasteiger partial charge on any atom is -0.369 e. The standard InChI is InChI=1S/C21H19ClN4O2/c1-3-26-17-12-18(22)24-19(16(17)13-23-26)15-6-4-5-14(11-15)7-8-21(28)9-10-25(2)20(21)27/h4-6,11-13,28H,3,9-10H2,1-2H3. The van der Waals surface area contributed by atoms with Crippen LogP contribution in [-0.4, -0.2) is 49.9 Å². The van der Waals surface area contributed by atoms with Gasteiger partial charge in [-0.15, -0.1) is 0 Å². The van der Waals surface area contributed by atoms with E-state index in [4.69, 9.17) is 11.6 Å². The fourth-order valence-electron chi connectivity index (χ4n) is 3.40. The molecule has 2 aromatic heterocycles. The van der Waals surface area contributed by atoms with Crippen LogP contribution in [0.3, 0.4) is 0 Å². The van der Waals surface area contributed by atoms with Crippen molar-refractivity contribution in [3.8, 4) is 23.1 Å². The van der Waals surface area contributed by atoms with Gasteiger partial charge in [0.1, 0.15) is 5.15 Å². The van der Waals surface area contributed by atoms with E-state index in [1.54, 1.807) is 19.3 Å². The summed E-state index contributed by atoms with van der Waals surface area (Å²) in [7, 11) is 1.66. The van der Waals surface area contributed by atoms with Crippen molar-refractivity contribution < 1.29 is 9.90 Å². The third kappa shape index (κ3) is 3.13. The summed E-state index contributed by atoms with van der Waals surface area (Å²) in [6, 6.07) is 9.31. The third-order valence-corrected chi connectivity index (χ3v) is 5.16. The van der Waals surface area contributed by atoms with Gasteiger partial charge in [0.05, 0.1) is 17.4 Å². The van der Waals surface area contributed by atoms with E-state index in [0.29, 0.717) is 23.7 Å². The van der Waals surface area contributed by atoms with E-state index in [9.17, 15) is 9.90 Å². The summed E-state index contributed by atoms with van der Waals surface area (Å²) in [5.41, 5.74) is 1.56. The molecule has 0 bridgehead atoms. The summed E-state index contributed by atoms with van der Waals surface area (Å²) in [6.45, 7) is 3.24. The Morgan fingerprint density at radius 1 is 1.36 bits per heavy atom. The normalized spacial score (nSPS) is 19.1. The zero-order chi connectivity index (χ0) is 19.9. The van der Waals surface area contributed by atoms with Crippen LogP contribution in [0.25, 0.3) is 22.2 Å². The molecule has 7 heteroatoms. The predicted octanol–water partition coefficient (Wildman–Crippen LogP) is 2.72. The van der Waals surface area contributed by atoms with Gasteiger partial charge in [-0.05, 0) is 19.1 Å². The quantitative estimate of drug-likeness (QED) is 0.536. The summed E-state index contributed by atoms with van der Waals surface area (Å²) in [4.78, 5) is 18.1. The van der Waals surface area contributed by atoms with Crippen LogP contribution < -0.4 is 0 Å². The molecule has 6 nitrogen and oxygen atoms in total. The maximum Gasteiger partial charge on any atom is 0.267 e. The lowest BCUT2D eigenvalue weighted by Crippen LogP contribution is -2.37. The SMILES string of the molecule is CCn1ncc2c(-c3cccc(C#CC4(O)CCN(C)C4=O)c3)nc(Cl)cc21. The number of fused-ring (bicyclic) bond motifs is 1. The molecular weight excluding hydrogens is 376 g/mol. The van der Waals surface area contributed by atoms with E-state index in [1.165, 1.54) is 4.90 Å². The minimum absolute atomic E-state index is 0.307. The molecule has 1 atom stereocenters. The van der Waals surface area contributed by atoms with Crippen LogP contribution in [0.15, 0.2) is 36.5 Å². The lowest BCUT2D eigenvalue weighted by molar-refractivity contribution is -0.137. The zero-order valence-corrected chi connectivity index (χ0v) is 16.4. The summed E-state index contributed by atoms with van der Waals surface area (Å²) >= 11 is 6.24. The van der Waals surface area contributed by atoms with Crippen molar-refractivity contribution in [3.05, 3.63) is 47.2 Å². The molecule has 142 valence electrons. The van der Waals surface area contributed by atoms with Gasteiger partial charge >= 0.3 is 0 Å². The molecule has 1 N–H and O–H groups in total. The molecule has 0 aliphatic carbocycles. The first kappa shape index (κ1) is 18.5. The maximum atomic E-state index is 12.1. The van der Waals surface area contributed by atoms with Crippen LogP contribution in [0, 0.1) is 11.8 Å². The molecule has 1 aliphatic rings. The van der Waals surface area contributed by atoms with E-state index in [1.807, 2.05) is 35.9 Å². The largest absolute Gasteiger partial charge is 0.369 e. The van der Waals surface area contributed by atoms with Crippen LogP contribution in [0.1, 0.15) is 18.9 Å². The molecule has 0 radical (unpaired) electrons. The molecule has 4 rings (SSSR count). The highest BCUT2D eigenvalue weighted by atomic mass is 35.5. The van der Waals surface area contributed by atoms with E-state index >= 15 is 0 Å². The lowest BCUT2D eigenvalue weighted by atomic mass is 10.0. The fraction of sp³-hybridized carbons (Fsp3) is 0.286. The molecule has 0 saturated carbocycles. The number of aryl methyl sites for hydroxylation is 1. The van der Waals surface area contributed by atoms with Gasteiger partial charge in [0.25, 0.3) is 5.91 Å². The van der Waals surface area contributed by atoms with Gasteiger partial charge in [-0.3, -0.25) is 9.48 Å². The number of likely N-dealkylation sites (N-methyl/N-ethyl adjacent to an activating group) is 1. The van der Waals surface area contributed by atoms with Crippen LogP contribution in [0.2, 0.25) is 5.15 Å². The number of benzene rings is 1. The molecular formula is C21H19ClN4O2. The van der Waals surface area contributed by atoms with E-state index in [-0.39, 0.29) is 5.91 Å². The molecule has 1 amide bonds. The average molecular weight is 395 g/mol. The van der Waals surface area contributed by atoms with Crippen LogP contribution in [-0.2, 0) is 11.3 Å². The first-order chi connectivity index (χ1) is 13.4. The average Bonchev–Trinajstić information content (AvgIpc) is 3.22. The first-order valence-corrected chi connectivity index (χ1v) is 9.43. The second-order valence-corrected chi connectivity index (χ2v) is 7.24. The van der Waals surface area contributed by atoms with Crippen molar-refractivity contribution in [2.75, 3.05) is 13.6 Å². The van der Waals surface area contributed by atoms with Crippen molar-refractivity contribution in [2.45, 2.75) is 25.5 Å². The number of amides is 1. The number of likely N-dealkylation sites (tertiary alicyclic amines) is 1. The van der Waals surface area contributed by atoms with Crippen molar-refractivity contribution in [1.82, 2.24) is 19.7 Å². The van der Waals surface area contributed by atoms with Gasteiger partial charge in [0.15, 0.2) is 0 Å². The highest BCUT2D eigenvalue weighted by Crippen LogP contribution is 2.29. The van der Waals surface area contributed by atoms with Gasteiger partial charge in [0.2, 0.25) is 5.60 Å². The van der Waals surface area contributed by atoms with E-state index in [0.717, 1.165) is 28.7 Å². The molecule has 1 fully saturated rings. The van der Waals surface area contributed by atoms with Crippen LogP contribution >= 0.6 is 11.6 Å². The van der Waals surface area contributed by atoms with E-state index < -0.39 is 5.60 Å². The second-order valence-electron chi connectivity index (χ2n) is 6.85. The Labute approximate surface area is 167 Å². The fourth-order valence-corrected chi connectivity index (χ4v) is 3.59. The molecule has 28 heavy (non-hydrogen) atoms. The maximum absolute atomic E-state index is 12.1. The van der Waals surface area contributed by atoms with E-state index in [2.05, 4.69) is 21.9 Å². The number of aromatic nitrogens is 3. The number of hydrogen-bond acceptors (Lipinski definition) is 4. The molecule has 1 saturated heterocycles. The monoisotopic (exact) mass is 394 g/mol. The Bertz CT molecular complexity index is 1140. The van der Waals surface area contributed by atoms with Gasteiger partial charge in [-0.25, -0.2) is 4.98 Å². The Hall–Kier alpha value is -2.88. The Kier molecular flexibility index (Phi) is 4.58. The number of rotatable bonds is 2. The highest BCUT2D eigenvalue weighted by molar-refractivity contribution is 6.30. The summed E-state index contributed by atoms with van der Waals surface area (Å²) in [5, 5.41) is 16.2. The molecule has 3 heterocycles. The van der Waals surface area contributed by atoms with Crippen molar-refractivity contribution >= 4 is 28.4 Å². The number of nitrogens with zero attached hydrogens (tertiary/aromatic N) is 4. The predicted molar refractivity (Wildman–Crippen MR) is 108 cm³/mol. The first-order valence-electron chi connectivity index (χ1n) is 9.05. The topological polar surface area (TPSA) is 71.2 Å². The second kappa shape index (κ2) is 6.93. The number of hydrogen-bond donors (Lipinski definition) is 1. The van der Waals surface area contributed by atoms with Gasteiger partial charge in [0, 0.05) is 49.1 Å². The number of pyridine rings is 1. The summed E-state index contributed by atoms with van der Waals surface area (Å²) < 4.78 is 1.87. The molecule has 0 spiro atoms. The zero-order valence-electron chi connectivity index (χ0n) is 15.6. The number of aliphatic hydroxyl groups is 1. The third-order valence-electron chi connectivity index (χ3n) is 4.97. The molecule has 1 unspecified atom stereocenters. The van der Waals surface area contributed by atoms with Crippen LogP contribution in [0.5, 0.6) is 0 Å².